The summed E-state index contributed by atoms with van der Waals surface area (Å²) in [7, 11) is -2.23. The third-order valence-corrected chi connectivity index (χ3v) is 6.17. The molecule has 1 fully saturated rings. The number of sulfonamides is 1. The maximum atomic E-state index is 12.7. The topological polar surface area (TPSA) is 46.6 Å². The van der Waals surface area contributed by atoms with Crippen molar-refractivity contribution in [3.8, 4) is 0 Å². The summed E-state index contributed by atoms with van der Waals surface area (Å²) in [5.74, 6) is 0. The van der Waals surface area contributed by atoms with Crippen molar-refractivity contribution >= 4 is 10.0 Å². The van der Waals surface area contributed by atoms with E-state index in [4.69, 9.17) is 4.74 Å². The standard InChI is InChI=1S/C14H18F3NO3S/c1-10-13(6-7-21-10)22(19,20)18(2)9-11-4-3-5-12(8-11)14(15,16)17/h3-5,8,10,13H,6-7,9H2,1-2H3/t10-,13-/m0/s1. The average molecular weight is 337 g/mol. The van der Waals surface area contributed by atoms with Crippen LogP contribution in [0.3, 0.4) is 0 Å². The lowest BCUT2D eigenvalue weighted by Gasteiger charge is -2.23. The van der Waals surface area contributed by atoms with Crippen LogP contribution in [0.25, 0.3) is 0 Å². The van der Waals surface area contributed by atoms with E-state index in [9.17, 15) is 21.6 Å². The Morgan fingerprint density at radius 3 is 2.59 bits per heavy atom. The Morgan fingerprint density at radius 1 is 1.36 bits per heavy atom. The fraction of sp³-hybridized carbons (Fsp3) is 0.571. The van der Waals surface area contributed by atoms with Crippen LogP contribution in [-0.2, 0) is 27.5 Å². The van der Waals surface area contributed by atoms with Gasteiger partial charge in [-0.3, -0.25) is 0 Å². The van der Waals surface area contributed by atoms with Crippen molar-refractivity contribution in [2.75, 3.05) is 13.7 Å². The molecule has 0 radical (unpaired) electrons. The van der Waals surface area contributed by atoms with Gasteiger partial charge in [0, 0.05) is 20.2 Å². The van der Waals surface area contributed by atoms with Gasteiger partial charge in [0.05, 0.1) is 11.7 Å². The molecule has 1 aromatic carbocycles. The summed E-state index contributed by atoms with van der Waals surface area (Å²) >= 11 is 0. The predicted octanol–water partition coefficient (Wildman–Crippen LogP) is 2.64. The Labute approximate surface area is 127 Å². The number of hydrogen-bond donors (Lipinski definition) is 0. The summed E-state index contributed by atoms with van der Waals surface area (Å²) in [5, 5.41) is -0.650. The minimum atomic E-state index is -4.44. The molecular weight excluding hydrogens is 319 g/mol. The van der Waals surface area contributed by atoms with Gasteiger partial charge in [0.2, 0.25) is 10.0 Å². The van der Waals surface area contributed by atoms with Crippen molar-refractivity contribution < 1.29 is 26.3 Å². The minimum absolute atomic E-state index is 0.102. The predicted molar refractivity (Wildman–Crippen MR) is 75.6 cm³/mol. The van der Waals surface area contributed by atoms with E-state index in [1.165, 1.54) is 19.2 Å². The first-order chi connectivity index (χ1) is 10.1. The van der Waals surface area contributed by atoms with Gasteiger partial charge in [0.1, 0.15) is 5.25 Å². The Kier molecular flexibility index (Phi) is 4.84. The van der Waals surface area contributed by atoms with Crippen molar-refractivity contribution in [3.05, 3.63) is 35.4 Å². The fourth-order valence-corrected chi connectivity index (χ4v) is 4.28. The molecule has 0 unspecified atom stereocenters. The Bertz CT molecular complexity index is 630. The molecule has 2 atom stereocenters. The Hall–Kier alpha value is -1.12. The molecule has 0 aliphatic carbocycles. The number of rotatable bonds is 4. The molecule has 2 rings (SSSR count). The molecule has 0 saturated carbocycles. The van der Waals surface area contributed by atoms with E-state index in [1.54, 1.807) is 6.92 Å². The molecule has 1 saturated heterocycles. The molecule has 0 N–H and O–H groups in total. The average Bonchev–Trinajstić information content (AvgIpc) is 2.85. The van der Waals surface area contributed by atoms with Crippen molar-refractivity contribution in [1.82, 2.24) is 4.31 Å². The van der Waals surface area contributed by atoms with E-state index < -0.39 is 33.1 Å². The molecule has 1 heterocycles. The highest BCUT2D eigenvalue weighted by atomic mass is 32.2. The Morgan fingerprint density at radius 2 is 2.05 bits per heavy atom. The van der Waals surface area contributed by atoms with Gasteiger partial charge in [-0.1, -0.05) is 18.2 Å². The van der Waals surface area contributed by atoms with Gasteiger partial charge in [-0.25, -0.2) is 12.7 Å². The first-order valence-corrected chi connectivity index (χ1v) is 8.35. The zero-order chi connectivity index (χ0) is 16.5. The second-order valence-corrected chi connectivity index (χ2v) is 7.66. The van der Waals surface area contributed by atoms with E-state index in [0.717, 1.165) is 16.4 Å². The number of nitrogens with zero attached hydrogens (tertiary/aromatic N) is 1. The molecule has 1 aliphatic heterocycles. The minimum Gasteiger partial charge on any atom is -0.377 e. The van der Waals surface area contributed by atoms with Crippen molar-refractivity contribution in [2.24, 2.45) is 0 Å². The summed E-state index contributed by atoms with van der Waals surface area (Å²) < 4.78 is 69.3. The molecule has 124 valence electrons. The zero-order valence-electron chi connectivity index (χ0n) is 12.3. The van der Waals surface area contributed by atoms with Crippen LogP contribution >= 0.6 is 0 Å². The summed E-state index contributed by atoms with van der Waals surface area (Å²) in [6, 6.07) is 4.70. The number of benzene rings is 1. The maximum Gasteiger partial charge on any atom is 0.416 e. The molecule has 1 aliphatic rings. The van der Waals surface area contributed by atoms with E-state index in [-0.39, 0.29) is 6.54 Å². The van der Waals surface area contributed by atoms with Crippen molar-refractivity contribution in [2.45, 2.75) is 37.4 Å². The monoisotopic (exact) mass is 337 g/mol. The maximum absolute atomic E-state index is 12.7. The molecule has 4 nitrogen and oxygen atoms in total. The van der Waals surface area contributed by atoms with Crippen LogP contribution in [0.1, 0.15) is 24.5 Å². The van der Waals surface area contributed by atoms with Gasteiger partial charge in [-0.05, 0) is 25.0 Å². The van der Waals surface area contributed by atoms with Crippen LogP contribution in [-0.4, -0.2) is 37.7 Å². The number of halogens is 3. The molecule has 1 aromatic rings. The highest BCUT2D eigenvalue weighted by Crippen LogP contribution is 2.30. The first kappa shape index (κ1) is 17.2. The summed E-state index contributed by atoms with van der Waals surface area (Å²) in [6.07, 6.45) is -4.45. The molecule has 22 heavy (non-hydrogen) atoms. The molecule has 0 aromatic heterocycles. The van der Waals surface area contributed by atoms with Crippen LogP contribution < -0.4 is 0 Å². The summed E-state index contributed by atoms with van der Waals surface area (Å²) in [5.41, 5.74) is -0.485. The first-order valence-electron chi connectivity index (χ1n) is 6.85. The fourth-order valence-electron chi connectivity index (χ4n) is 2.53. The lowest BCUT2D eigenvalue weighted by Crippen LogP contribution is -2.39. The quantitative estimate of drug-likeness (QED) is 0.849. The van der Waals surface area contributed by atoms with E-state index in [1.807, 2.05) is 0 Å². The normalized spacial score (nSPS) is 23.2. The molecule has 8 heteroatoms. The third-order valence-electron chi connectivity index (χ3n) is 3.78. The van der Waals surface area contributed by atoms with Crippen molar-refractivity contribution in [1.29, 1.82) is 0 Å². The van der Waals surface area contributed by atoms with Crippen LogP contribution in [0.2, 0.25) is 0 Å². The van der Waals surface area contributed by atoms with Gasteiger partial charge in [-0.15, -0.1) is 0 Å². The van der Waals surface area contributed by atoms with Crippen LogP contribution in [0.5, 0.6) is 0 Å². The van der Waals surface area contributed by atoms with Gasteiger partial charge in [-0.2, -0.15) is 13.2 Å². The highest BCUT2D eigenvalue weighted by molar-refractivity contribution is 7.89. The number of ether oxygens (including phenoxy) is 1. The smallest absolute Gasteiger partial charge is 0.377 e. The SMILES string of the molecule is C[C@@H]1OCC[C@@H]1S(=O)(=O)N(C)Cc1cccc(C(F)(F)F)c1. The molecule has 0 amide bonds. The third kappa shape index (κ3) is 3.61. The lowest BCUT2D eigenvalue weighted by molar-refractivity contribution is -0.137. The van der Waals surface area contributed by atoms with Gasteiger partial charge < -0.3 is 4.74 Å². The van der Waals surface area contributed by atoms with Gasteiger partial charge in [0.25, 0.3) is 0 Å². The number of alkyl halides is 3. The van der Waals surface area contributed by atoms with Crippen molar-refractivity contribution in [3.63, 3.8) is 0 Å². The van der Waals surface area contributed by atoms with E-state index in [2.05, 4.69) is 0 Å². The largest absolute Gasteiger partial charge is 0.416 e. The molecule has 0 spiro atoms. The van der Waals surface area contributed by atoms with Crippen LogP contribution in [0.4, 0.5) is 13.2 Å². The molecule has 0 bridgehead atoms. The van der Waals surface area contributed by atoms with E-state index >= 15 is 0 Å². The van der Waals surface area contributed by atoms with Crippen LogP contribution in [0, 0.1) is 0 Å². The second-order valence-electron chi connectivity index (χ2n) is 5.40. The highest BCUT2D eigenvalue weighted by Gasteiger charge is 2.38. The van der Waals surface area contributed by atoms with Gasteiger partial charge in [0.15, 0.2) is 0 Å². The summed E-state index contributed by atoms with van der Waals surface area (Å²) in [4.78, 5) is 0. The number of hydrogen-bond acceptors (Lipinski definition) is 3. The lowest BCUT2D eigenvalue weighted by atomic mass is 10.1. The Balaban J connectivity index is 2.16. The second kappa shape index (κ2) is 6.17. The van der Waals surface area contributed by atoms with Crippen LogP contribution in [0.15, 0.2) is 24.3 Å². The summed E-state index contributed by atoms with van der Waals surface area (Å²) in [6.45, 7) is 1.96. The zero-order valence-corrected chi connectivity index (χ0v) is 13.1. The van der Waals surface area contributed by atoms with E-state index in [0.29, 0.717) is 18.6 Å². The molecular formula is C14H18F3NO3S. The van der Waals surface area contributed by atoms with Gasteiger partial charge >= 0.3 is 6.18 Å².